The lowest BCUT2D eigenvalue weighted by Gasteiger charge is -2.36. The second kappa shape index (κ2) is 9.77. The van der Waals surface area contributed by atoms with Gasteiger partial charge in [0, 0.05) is 0 Å². The fourth-order valence-electron chi connectivity index (χ4n) is 3.08. The number of rotatable bonds is 13. The molecule has 0 aliphatic carbocycles. The third-order valence-corrected chi connectivity index (χ3v) is 4.82. The molecule has 0 aromatic carbocycles. The molecule has 0 saturated carbocycles. The standard InChI is InChI=1S/C17H36NO/c1-4-7-8-9-10-11-12-13-14-18(5-2,6-3)15-17-16-19-17/h17H,4-16H2,1-3H3/q+1. The zero-order valence-corrected chi connectivity index (χ0v) is 13.6. The normalized spacial score (nSPS) is 18.8. The Morgan fingerprint density at radius 1 is 0.842 bits per heavy atom. The SMILES string of the molecule is CCCCCCCCCC[N+](CC)(CC)CC1CO1. The maximum Gasteiger partial charge on any atom is 0.130 e. The number of nitrogens with zero attached hydrogens (tertiary/aromatic N) is 1. The summed E-state index contributed by atoms with van der Waals surface area (Å²) in [5, 5.41) is 0. The molecule has 19 heavy (non-hydrogen) atoms. The minimum atomic E-state index is 0.578. The highest BCUT2D eigenvalue weighted by atomic mass is 16.6. The van der Waals surface area contributed by atoms with Gasteiger partial charge in [-0.1, -0.05) is 45.4 Å². The molecular weight excluding hydrogens is 234 g/mol. The molecule has 1 unspecified atom stereocenters. The van der Waals surface area contributed by atoms with Gasteiger partial charge in [0.1, 0.15) is 12.6 Å². The molecule has 1 fully saturated rings. The number of hydrogen-bond acceptors (Lipinski definition) is 1. The summed E-state index contributed by atoms with van der Waals surface area (Å²) in [5.74, 6) is 0. The van der Waals surface area contributed by atoms with Gasteiger partial charge in [-0.25, -0.2) is 0 Å². The summed E-state index contributed by atoms with van der Waals surface area (Å²) in [4.78, 5) is 0. The predicted molar refractivity (Wildman–Crippen MR) is 83.4 cm³/mol. The number of unbranched alkanes of at least 4 members (excludes halogenated alkanes) is 7. The van der Waals surface area contributed by atoms with Gasteiger partial charge in [0.25, 0.3) is 0 Å². The quantitative estimate of drug-likeness (QED) is 0.275. The maximum absolute atomic E-state index is 5.43. The van der Waals surface area contributed by atoms with Crippen molar-refractivity contribution in [3.8, 4) is 0 Å². The summed E-state index contributed by atoms with van der Waals surface area (Å²) >= 11 is 0. The van der Waals surface area contributed by atoms with E-state index in [1.165, 1.54) is 82.0 Å². The summed E-state index contributed by atoms with van der Waals surface area (Å²) < 4.78 is 6.71. The van der Waals surface area contributed by atoms with Crippen LogP contribution in [-0.4, -0.2) is 43.4 Å². The lowest BCUT2D eigenvalue weighted by atomic mass is 10.1. The van der Waals surface area contributed by atoms with Crippen molar-refractivity contribution in [2.75, 3.05) is 32.8 Å². The molecule has 1 aliphatic rings. The molecule has 2 nitrogen and oxygen atoms in total. The van der Waals surface area contributed by atoms with Gasteiger partial charge in [0.2, 0.25) is 0 Å². The van der Waals surface area contributed by atoms with Gasteiger partial charge in [-0.15, -0.1) is 0 Å². The molecule has 1 saturated heterocycles. The maximum atomic E-state index is 5.43. The van der Waals surface area contributed by atoms with E-state index < -0.39 is 0 Å². The summed E-state index contributed by atoms with van der Waals surface area (Å²) in [6.45, 7) is 13.1. The molecule has 0 bridgehead atoms. The van der Waals surface area contributed by atoms with Crippen LogP contribution in [0.2, 0.25) is 0 Å². The molecule has 1 aliphatic heterocycles. The van der Waals surface area contributed by atoms with Crippen LogP contribution < -0.4 is 0 Å². The minimum Gasteiger partial charge on any atom is -0.367 e. The second-order valence-electron chi connectivity index (χ2n) is 6.31. The average molecular weight is 270 g/mol. The van der Waals surface area contributed by atoms with Crippen molar-refractivity contribution in [1.82, 2.24) is 0 Å². The van der Waals surface area contributed by atoms with Crippen LogP contribution in [0.1, 0.15) is 72.1 Å². The van der Waals surface area contributed by atoms with E-state index in [-0.39, 0.29) is 0 Å². The highest BCUT2D eigenvalue weighted by Crippen LogP contribution is 2.19. The Morgan fingerprint density at radius 2 is 1.37 bits per heavy atom. The van der Waals surface area contributed by atoms with E-state index in [0.29, 0.717) is 6.10 Å². The van der Waals surface area contributed by atoms with Crippen molar-refractivity contribution < 1.29 is 9.22 Å². The van der Waals surface area contributed by atoms with Crippen LogP contribution in [0, 0.1) is 0 Å². The van der Waals surface area contributed by atoms with Gasteiger partial charge in [-0.3, -0.25) is 0 Å². The largest absolute Gasteiger partial charge is 0.367 e. The molecule has 1 atom stereocenters. The number of quaternary nitrogens is 1. The summed E-state index contributed by atoms with van der Waals surface area (Å²) in [6.07, 6.45) is 12.0. The Labute approximate surface area is 121 Å². The first-order valence-electron chi connectivity index (χ1n) is 8.73. The van der Waals surface area contributed by atoms with E-state index in [2.05, 4.69) is 20.8 Å². The highest BCUT2D eigenvalue weighted by Gasteiger charge is 2.34. The zero-order chi connectivity index (χ0) is 14.0. The van der Waals surface area contributed by atoms with Crippen LogP contribution in [0.25, 0.3) is 0 Å². The molecule has 0 amide bonds. The monoisotopic (exact) mass is 270 g/mol. The van der Waals surface area contributed by atoms with E-state index in [9.17, 15) is 0 Å². The average Bonchev–Trinajstić information content (AvgIpc) is 3.24. The fraction of sp³-hybridized carbons (Fsp3) is 1.00. The molecule has 2 heteroatoms. The number of hydrogen-bond donors (Lipinski definition) is 0. The number of likely N-dealkylation sites (N-methyl/N-ethyl adjacent to an activating group) is 1. The lowest BCUT2D eigenvalue weighted by molar-refractivity contribution is -0.925. The van der Waals surface area contributed by atoms with Crippen molar-refractivity contribution >= 4 is 0 Å². The van der Waals surface area contributed by atoms with Crippen molar-refractivity contribution in [3.63, 3.8) is 0 Å². The number of epoxide rings is 1. The third kappa shape index (κ3) is 7.31. The van der Waals surface area contributed by atoms with E-state index in [1.54, 1.807) is 0 Å². The lowest BCUT2D eigenvalue weighted by Crippen LogP contribution is -2.50. The van der Waals surface area contributed by atoms with E-state index in [4.69, 9.17) is 4.74 Å². The smallest absolute Gasteiger partial charge is 0.130 e. The van der Waals surface area contributed by atoms with E-state index >= 15 is 0 Å². The van der Waals surface area contributed by atoms with Crippen LogP contribution in [0.15, 0.2) is 0 Å². The Balaban J connectivity index is 2.04. The Kier molecular flexibility index (Phi) is 8.72. The molecule has 0 radical (unpaired) electrons. The molecular formula is C17H36NO+. The fourth-order valence-corrected chi connectivity index (χ4v) is 3.08. The molecule has 1 heterocycles. The first-order valence-corrected chi connectivity index (χ1v) is 8.73. The molecule has 0 N–H and O–H groups in total. The van der Waals surface area contributed by atoms with Crippen LogP contribution in [0.5, 0.6) is 0 Å². The van der Waals surface area contributed by atoms with E-state index in [1.807, 2.05) is 0 Å². The van der Waals surface area contributed by atoms with Crippen molar-refractivity contribution in [3.05, 3.63) is 0 Å². The number of ether oxygens (including phenoxy) is 1. The summed E-state index contributed by atoms with van der Waals surface area (Å²) in [6, 6.07) is 0. The molecule has 1 rings (SSSR count). The first kappa shape index (κ1) is 17.0. The molecule has 0 spiro atoms. The zero-order valence-electron chi connectivity index (χ0n) is 13.6. The summed E-state index contributed by atoms with van der Waals surface area (Å²) in [5.41, 5.74) is 0. The molecule has 0 aromatic heterocycles. The Hall–Kier alpha value is -0.0800. The molecule has 0 aromatic rings. The Morgan fingerprint density at radius 3 is 1.84 bits per heavy atom. The minimum absolute atomic E-state index is 0.578. The van der Waals surface area contributed by atoms with Crippen LogP contribution in [0.3, 0.4) is 0 Å². The van der Waals surface area contributed by atoms with Crippen molar-refractivity contribution in [2.24, 2.45) is 0 Å². The van der Waals surface area contributed by atoms with E-state index in [0.717, 1.165) is 6.61 Å². The van der Waals surface area contributed by atoms with Gasteiger partial charge in [-0.2, -0.15) is 0 Å². The van der Waals surface area contributed by atoms with Crippen LogP contribution in [0.4, 0.5) is 0 Å². The first-order chi connectivity index (χ1) is 9.26. The summed E-state index contributed by atoms with van der Waals surface area (Å²) in [7, 11) is 0. The van der Waals surface area contributed by atoms with Gasteiger partial charge < -0.3 is 9.22 Å². The van der Waals surface area contributed by atoms with Crippen molar-refractivity contribution in [2.45, 2.75) is 78.2 Å². The van der Waals surface area contributed by atoms with Crippen LogP contribution >= 0.6 is 0 Å². The van der Waals surface area contributed by atoms with Crippen LogP contribution in [-0.2, 0) is 4.74 Å². The van der Waals surface area contributed by atoms with Gasteiger partial charge >= 0.3 is 0 Å². The topological polar surface area (TPSA) is 12.5 Å². The highest BCUT2D eigenvalue weighted by molar-refractivity contribution is 4.68. The predicted octanol–water partition coefficient (Wildman–Crippen LogP) is 4.38. The third-order valence-electron chi connectivity index (χ3n) is 4.82. The van der Waals surface area contributed by atoms with Crippen molar-refractivity contribution in [1.29, 1.82) is 0 Å². The molecule has 114 valence electrons. The van der Waals surface area contributed by atoms with Gasteiger partial charge in [0.15, 0.2) is 0 Å². The van der Waals surface area contributed by atoms with Gasteiger partial charge in [0.05, 0.1) is 26.2 Å². The second-order valence-corrected chi connectivity index (χ2v) is 6.31. The van der Waals surface area contributed by atoms with Gasteiger partial charge in [-0.05, 0) is 26.7 Å². The Bertz CT molecular complexity index is 209.